The van der Waals surface area contributed by atoms with Crippen LogP contribution < -0.4 is 18.9 Å². The molecular formula is C72H56O16. The Bertz CT molecular complexity index is 4020. The zero-order valence-corrected chi connectivity index (χ0v) is 49.2. The van der Waals surface area contributed by atoms with Crippen LogP contribution in [0.4, 0.5) is 0 Å². The fraction of sp³-hybridized carbons (Fsp3) is 0.167. The molecule has 12 rings (SSSR count). The van der Waals surface area contributed by atoms with Crippen molar-refractivity contribution in [2.75, 3.05) is 28.4 Å². The average molecular weight is 1180 g/mol. The van der Waals surface area contributed by atoms with Crippen molar-refractivity contribution in [1.29, 1.82) is 0 Å². The lowest BCUT2D eigenvalue weighted by molar-refractivity contribution is -0.133. The van der Waals surface area contributed by atoms with Gasteiger partial charge in [-0.3, -0.25) is 19.2 Å². The van der Waals surface area contributed by atoms with Crippen molar-refractivity contribution < 1.29 is 76.3 Å². The van der Waals surface area contributed by atoms with Crippen LogP contribution in [0.1, 0.15) is 91.4 Å². The highest BCUT2D eigenvalue weighted by Gasteiger charge is 2.40. The van der Waals surface area contributed by atoms with E-state index in [1.807, 2.05) is 146 Å². The first kappa shape index (κ1) is 58.8. The molecule has 0 saturated heterocycles. The summed E-state index contributed by atoms with van der Waals surface area (Å²) < 4.78 is 46.4. The summed E-state index contributed by atoms with van der Waals surface area (Å²) in [6.45, 7) is 4.67. The van der Waals surface area contributed by atoms with Crippen LogP contribution in [0.3, 0.4) is 0 Å². The van der Waals surface area contributed by atoms with E-state index in [0.29, 0.717) is 66.1 Å². The maximum absolute atomic E-state index is 14.5. The summed E-state index contributed by atoms with van der Waals surface area (Å²) in [5, 5.41) is 3.31. The number of aryl methyl sites for hydroxylation is 4. The third-order valence-electron chi connectivity index (χ3n) is 15.7. The quantitative estimate of drug-likeness (QED) is 0.0482. The molecule has 0 amide bonds. The molecule has 0 saturated carbocycles. The lowest BCUT2D eigenvalue weighted by Crippen LogP contribution is -2.19. The molecule has 0 heterocycles. The number of esters is 8. The number of ether oxygens (including phenoxy) is 8. The Morgan fingerprint density at radius 2 is 0.443 bits per heavy atom. The van der Waals surface area contributed by atoms with Crippen LogP contribution in [0.25, 0.3) is 87.6 Å². The summed E-state index contributed by atoms with van der Waals surface area (Å²) in [6, 6.07) is 45.3. The smallest absolute Gasteiger partial charge is 0.342 e. The van der Waals surface area contributed by atoms with Gasteiger partial charge in [-0.1, -0.05) is 146 Å². The van der Waals surface area contributed by atoms with Gasteiger partial charge in [0.2, 0.25) is 0 Å². The second-order valence-corrected chi connectivity index (χ2v) is 20.9. The molecule has 0 radical (unpaired) electrons. The number of hydrogen-bond acceptors (Lipinski definition) is 16. The van der Waals surface area contributed by atoms with E-state index in [1.54, 1.807) is 0 Å². The SMILES string of the molecule is COC(=O)c1c(C(=O)OC)c(OC(C)=O)c2c(-c3ccccc3)c3c4ccc(c3c(-c3ccccc3)c2c1OC(C)=O)CCc1ccc(c2c(-c3ccccc3)c3c(OC(C)=O)c(C(=O)OC)c(C(=O)OC)c(OC(C)=O)c3c(-c3ccccc3)c12)CC4. The van der Waals surface area contributed by atoms with Gasteiger partial charge in [0.15, 0.2) is 23.0 Å². The molecule has 2 aliphatic rings. The van der Waals surface area contributed by atoms with Crippen molar-refractivity contribution in [3.63, 3.8) is 0 Å². The zero-order valence-electron chi connectivity index (χ0n) is 49.2. The Hall–Kier alpha value is -11.0. The molecule has 440 valence electrons. The van der Waals surface area contributed by atoms with Gasteiger partial charge in [0.1, 0.15) is 22.3 Å². The van der Waals surface area contributed by atoms with Gasteiger partial charge in [0.25, 0.3) is 0 Å². The molecule has 0 aromatic heterocycles. The maximum Gasteiger partial charge on any atom is 0.342 e. The molecule has 0 fully saturated rings. The van der Waals surface area contributed by atoms with Crippen LogP contribution in [-0.2, 0) is 63.8 Å². The van der Waals surface area contributed by atoms with E-state index < -0.39 is 70.0 Å². The summed E-state index contributed by atoms with van der Waals surface area (Å²) in [5.41, 5.74) is 5.26. The molecule has 0 N–H and O–H groups in total. The number of methoxy groups -OCH3 is 4. The lowest BCUT2D eigenvalue weighted by Gasteiger charge is -2.28. The number of benzene rings is 10. The van der Waals surface area contributed by atoms with E-state index >= 15 is 0 Å². The first-order valence-electron chi connectivity index (χ1n) is 28.1. The summed E-state index contributed by atoms with van der Waals surface area (Å²) in [7, 11) is 4.43. The molecule has 0 spiro atoms. The van der Waals surface area contributed by atoms with Crippen molar-refractivity contribution in [2.24, 2.45) is 0 Å². The van der Waals surface area contributed by atoms with Crippen LogP contribution in [-0.4, -0.2) is 76.2 Å². The second-order valence-electron chi connectivity index (χ2n) is 20.9. The van der Waals surface area contributed by atoms with Crippen molar-refractivity contribution in [1.82, 2.24) is 0 Å². The summed E-state index contributed by atoms with van der Waals surface area (Å²) in [5.74, 6) is -9.10. The topological polar surface area (TPSA) is 210 Å². The first-order valence-corrected chi connectivity index (χ1v) is 28.1. The summed E-state index contributed by atoms with van der Waals surface area (Å²) in [4.78, 5) is 113. The Kier molecular flexibility index (Phi) is 16.1. The maximum atomic E-state index is 14.5. The van der Waals surface area contributed by atoms with Gasteiger partial charge < -0.3 is 37.9 Å². The molecule has 88 heavy (non-hydrogen) atoms. The number of carbonyl (C=O) groups is 8. The molecule has 2 aliphatic carbocycles. The highest BCUT2D eigenvalue weighted by Crippen LogP contribution is 2.58. The van der Waals surface area contributed by atoms with Gasteiger partial charge >= 0.3 is 47.8 Å². The summed E-state index contributed by atoms with van der Waals surface area (Å²) in [6.07, 6.45) is 1.08. The third kappa shape index (κ3) is 10.2. The van der Waals surface area contributed by atoms with Crippen molar-refractivity contribution in [3.05, 3.63) is 190 Å². The van der Waals surface area contributed by atoms with Crippen molar-refractivity contribution in [2.45, 2.75) is 53.4 Å². The third-order valence-corrected chi connectivity index (χ3v) is 15.7. The molecule has 4 bridgehead atoms. The Morgan fingerprint density at radius 1 is 0.261 bits per heavy atom. The predicted molar refractivity (Wildman–Crippen MR) is 330 cm³/mol. The number of carbonyl (C=O) groups excluding carboxylic acids is 8. The Balaban J connectivity index is 1.41. The van der Waals surface area contributed by atoms with Gasteiger partial charge in [-0.05, 0) is 91.7 Å². The largest absolute Gasteiger partial charge is 0.465 e. The van der Waals surface area contributed by atoms with Crippen molar-refractivity contribution >= 4 is 90.8 Å². The summed E-state index contributed by atoms with van der Waals surface area (Å²) >= 11 is 0. The molecule has 0 aliphatic heterocycles. The number of hydrogen-bond donors (Lipinski definition) is 0. The monoisotopic (exact) mass is 1180 g/mol. The van der Waals surface area contributed by atoms with Crippen LogP contribution >= 0.6 is 0 Å². The molecule has 10 aromatic carbocycles. The molecule has 16 heteroatoms. The fourth-order valence-electron chi connectivity index (χ4n) is 12.5. The molecule has 0 atom stereocenters. The minimum Gasteiger partial charge on any atom is -0.465 e. The van der Waals surface area contributed by atoms with Crippen LogP contribution in [0.15, 0.2) is 146 Å². The number of rotatable bonds is 12. The Morgan fingerprint density at radius 3 is 0.602 bits per heavy atom. The molecule has 16 nitrogen and oxygen atoms in total. The highest BCUT2D eigenvalue weighted by atomic mass is 16.6. The van der Waals surface area contributed by atoms with Gasteiger partial charge in [0.05, 0.1) is 28.4 Å². The van der Waals surface area contributed by atoms with Crippen LogP contribution in [0, 0.1) is 0 Å². The van der Waals surface area contributed by atoms with Gasteiger partial charge in [-0.25, -0.2) is 19.2 Å². The normalized spacial score (nSPS) is 11.8. The standard InChI is InChI=1S/C72H56O16/c1-37(73)85-65-57-53(41-21-13-9-14-22-41)49-45-29-30-46(50(49)54(42-23-15-10-16-24-42)58(57)66(86-38(2)74)62(70(78)82-6)61(65)69(77)81-5)35-36-48-32-31-47(34-33-45)51-52(48)56(44-27-19-12-20-28-44)60-59(55(51)43-25-17-11-18-26-43)67(87-39(3)75)63(71(79)83-7)64(72(80)84-8)68(60)88-40(4)76/h9-32H,33-36H2,1-8H3. The lowest BCUT2D eigenvalue weighted by atomic mass is 9.76. The highest BCUT2D eigenvalue weighted by molar-refractivity contribution is 6.32. The zero-order chi connectivity index (χ0) is 62.2. The Labute approximate surface area is 504 Å². The second kappa shape index (κ2) is 24.2. The fourth-order valence-corrected chi connectivity index (χ4v) is 12.5. The minimum absolute atomic E-state index is 0.149. The average Bonchev–Trinajstić information content (AvgIpc) is 0.780. The van der Waals surface area contributed by atoms with Gasteiger partial charge in [-0.15, -0.1) is 0 Å². The number of fused-ring (bicyclic) bond motifs is 6. The van der Waals surface area contributed by atoms with Gasteiger partial charge in [0, 0.05) is 71.5 Å². The van der Waals surface area contributed by atoms with E-state index in [1.165, 1.54) is 27.7 Å². The van der Waals surface area contributed by atoms with Crippen LogP contribution in [0.5, 0.6) is 23.0 Å². The van der Waals surface area contributed by atoms with E-state index in [2.05, 4.69) is 0 Å². The molecule has 10 aromatic rings. The van der Waals surface area contributed by atoms with Crippen LogP contribution in [0.2, 0.25) is 0 Å². The molecule has 0 unspecified atom stereocenters. The first-order chi connectivity index (χ1) is 42.5. The van der Waals surface area contributed by atoms with E-state index in [-0.39, 0.29) is 70.2 Å². The van der Waals surface area contributed by atoms with Gasteiger partial charge in [-0.2, -0.15) is 0 Å². The van der Waals surface area contributed by atoms with E-state index in [4.69, 9.17) is 37.9 Å². The predicted octanol–water partition coefficient (Wildman–Crippen LogP) is 13.7. The van der Waals surface area contributed by atoms with Crippen molar-refractivity contribution in [3.8, 4) is 67.5 Å². The van der Waals surface area contributed by atoms with E-state index in [0.717, 1.165) is 50.7 Å². The molecular weight excluding hydrogens is 1120 g/mol. The minimum atomic E-state index is -1.09. The van der Waals surface area contributed by atoms with E-state index in [9.17, 15) is 38.4 Å².